The van der Waals surface area contributed by atoms with Gasteiger partial charge in [-0.05, 0) is 25.0 Å². The van der Waals surface area contributed by atoms with Crippen LogP contribution in [0.5, 0.6) is 0 Å². The molecule has 0 unspecified atom stereocenters. The molecule has 0 radical (unpaired) electrons. The van der Waals surface area contributed by atoms with Gasteiger partial charge < -0.3 is 5.32 Å². The molecule has 2 rings (SSSR count). The van der Waals surface area contributed by atoms with Gasteiger partial charge in [-0.1, -0.05) is 13.0 Å². The van der Waals surface area contributed by atoms with Crippen molar-refractivity contribution < 1.29 is 4.79 Å². The largest absolute Gasteiger partial charge is 0.346 e. The number of nitrogens with zero attached hydrogens (tertiary/aromatic N) is 4. The van der Waals surface area contributed by atoms with E-state index in [-0.39, 0.29) is 11.9 Å². The predicted molar refractivity (Wildman–Crippen MR) is 74.8 cm³/mol. The number of rotatable bonds is 6. The first-order chi connectivity index (χ1) is 9.70. The van der Waals surface area contributed by atoms with E-state index >= 15 is 0 Å². The molecule has 1 atom stereocenters. The number of pyridine rings is 1. The summed E-state index contributed by atoms with van der Waals surface area (Å²) in [5, 5.41) is 7.10. The topological polar surface area (TPSA) is 72.7 Å². The van der Waals surface area contributed by atoms with E-state index in [4.69, 9.17) is 0 Å². The van der Waals surface area contributed by atoms with Crippen LogP contribution in [0, 0.1) is 0 Å². The van der Waals surface area contributed by atoms with E-state index in [0.29, 0.717) is 6.42 Å². The first-order valence-electron chi connectivity index (χ1n) is 6.76. The van der Waals surface area contributed by atoms with Crippen molar-refractivity contribution in [3.8, 4) is 0 Å². The normalized spacial score (nSPS) is 12.1. The highest BCUT2D eigenvalue weighted by Crippen LogP contribution is 2.09. The molecule has 2 heterocycles. The van der Waals surface area contributed by atoms with Crippen LogP contribution in [-0.4, -0.2) is 25.7 Å². The van der Waals surface area contributed by atoms with E-state index in [1.165, 1.54) is 6.33 Å². The van der Waals surface area contributed by atoms with E-state index in [0.717, 1.165) is 24.4 Å². The molecule has 20 heavy (non-hydrogen) atoms. The molecule has 6 heteroatoms. The van der Waals surface area contributed by atoms with Gasteiger partial charge in [-0.2, -0.15) is 5.10 Å². The molecular weight excluding hydrogens is 254 g/mol. The lowest BCUT2D eigenvalue weighted by molar-refractivity contribution is -0.121. The Kier molecular flexibility index (Phi) is 4.81. The number of nitrogens with one attached hydrogen (secondary N) is 1. The first kappa shape index (κ1) is 14.2. The highest BCUT2D eigenvalue weighted by Gasteiger charge is 2.15. The molecule has 2 aromatic rings. The van der Waals surface area contributed by atoms with Crippen molar-refractivity contribution in [1.29, 1.82) is 0 Å². The molecule has 2 aromatic heterocycles. The molecule has 0 aromatic carbocycles. The molecule has 0 bridgehead atoms. The standard InChI is InChI=1S/C14H19N5O/c1-3-7-19-14(16-10-17-19)11(2)18-13(20)8-12-5-4-6-15-9-12/h4-6,9-11H,3,7-8H2,1-2H3,(H,18,20)/t11-/m1/s1. The zero-order valence-corrected chi connectivity index (χ0v) is 11.8. The summed E-state index contributed by atoms with van der Waals surface area (Å²) in [6, 6.07) is 3.55. The van der Waals surface area contributed by atoms with Gasteiger partial charge >= 0.3 is 0 Å². The second-order valence-electron chi connectivity index (χ2n) is 4.67. The third-order valence-electron chi connectivity index (χ3n) is 2.93. The van der Waals surface area contributed by atoms with Crippen molar-refractivity contribution in [2.24, 2.45) is 0 Å². The first-order valence-corrected chi connectivity index (χ1v) is 6.76. The molecular formula is C14H19N5O. The maximum Gasteiger partial charge on any atom is 0.225 e. The van der Waals surface area contributed by atoms with Crippen LogP contribution in [0.25, 0.3) is 0 Å². The molecule has 0 aliphatic rings. The van der Waals surface area contributed by atoms with Gasteiger partial charge in [-0.25, -0.2) is 9.67 Å². The molecule has 0 fully saturated rings. The number of aryl methyl sites for hydroxylation is 1. The lowest BCUT2D eigenvalue weighted by Crippen LogP contribution is -2.30. The number of hydrogen-bond donors (Lipinski definition) is 1. The monoisotopic (exact) mass is 273 g/mol. The summed E-state index contributed by atoms with van der Waals surface area (Å²) in [6.45, 7) is 4.80. The molecule has 1 N–H and O–H groups in total. The van der Waals surface area contributed by atoms with E-state index < -0.39 is 0 Å². The minimum Gasteiger partial charge on any atom is -0.346 e. The number of aromatic nitrogens is 4. The van der Waals surface area contributed by atoms with E-state index in [1.54, 1.807) is 12.4 Å². The van der Waals surface area contributed by atoms with Gasteiger partial charge in [0.2, 0.25) is 5.91 Å². The van der Waals surface area contributed by atoms with Gasteiger partial charge in [0.05, 0.1) is 12.5 Å². The summed E-state index contributed by atoms with van der Waals surface area (Å²) >= 11 is 0. The molecule has 1 amide bonds. The Morgan fingerprint density at radius 3 is 3.05 bits per heavy atom. The molecule has 0 saturated carbocycles. The maximum atomic E-state index is 12.0. The molecule has 0 spiro atoms. The average molecular weight is 273 g/mol. The second-order valence-corrected chi connectivity index (χ2v) is 4.67. The smallest absolute Gasteiger partial charge is 0.225 e. The van der Waals surface area contributed by atoms with Gasteiger partial charge in [0.15, 0.2) is 0 Å². The Morgan fingerprint density at radius 2 is 2.35 bits per heavy atom. The van der Waals surface area contributed by atoms with Crippen LogP contribution < -0.4 is 5.32 Å². The zero-order valence-electron chi connectivity index (χ0n) is 11.8. The third kappa shape index (κ3) is 3.63. The Morgan fingerprint density at radius 1 is 1.50 bits per heavy atom. The van der Waals surface area contributed by atoms with Crippen LogP contribution in [0.2, 0.25) is 0 Å². The number of carbonyl (C=O) groups excluding carboxylic acids is 1. The molecule has 0 aliphatic carbocycles. The minimum atomic E-state index is -0.159. The SMILES string of the molecule is CCCn1ncnc1[C@@H](C)NC(=O)Cc1cccnc1. The van der Waals surface area contributed by atoms with Crippen LogP contribution >= 0.6 is 0 Å². The number of amides is 1. The van der Waals surface area contributed by atoms with Crippen molar-refractivity contribution in [2.75, 3.05) is 0 Å². The minimum absolute atomic E-state index is 0.0449. The summed E-state index contributed by atoms with van der Waals surface area (Å²) in [5.74, 6) is 0.739. The number of hydrogen-bond acceptors (Lipinski definition) is 4. The van der Waals surface area contributed by atoms with Crippen molar-refractivity contribution in [3.05, 3.63) is 42.2 Å². The summed E-state index contributed by atoms with van der Waals surface area (Å²) in [4.78, 5) is 20.2. The number of carbonyl (C=O) groups is 1. The third-order valence-corrected chi connectivity index (χ3v) is 2.93. The molecule has 106 valence electrons. The van der Waals surface area contributed by atoms with Crippen molar-refractivity contribution >= 4 is 5.91 Å². The Balaban J connectivity index is 1.95. The van der Waals surface area contributed by atoms with Crippen molar-refractivity contribution in [3.63, 3.8) is 0 Å². The summed E-state index contributed by atoms with van der Waals surface area (Å²) in [6.07, 6.45) is 6.21. The molecule has 0 saturated heterocycles. The summed E-state index contributed by atoms with van der Waals surface area (Å²) in [5.41, 5.74) is 0.896. The van der Waals surface area contributed by atoms with Gasteiger partial charge in [0.1, 0.15) is 12.2 Å². The van der Waals surface area contributed by atoms with Crippen LogP contribution in [0.3, 0.4) is 0 Å². The second kappa shape index (κ2) is 6.79. The van der Waals surface area contributed by atoms with E-state index in [2.05, 4.69) is 27.3 Å². The Bertz CT molecular complexity index is 552. The van der Waals surface area contributed by atoms with E-state index in [9.17, 15) is 4.79 Å². The quantitative estimate of drug-likeness (QED) is 0.865. The average Bonchev–Trinajstić information content (AvgIpc) is 2.88. The van der Waals surface area contributed by atoms with Crippen LogP contribution in [0.15, 0.2) is 30.9 Å². The molecule has 6 nitrogen and oxygen atoms in total. The predicted octanol–water partition coefficient (Wildman–Crippen LogP) is 1.50. The van der Waals surface area contributed by atoms with Crippen LogP contribution in [-0.2, 0) is 17.8 Å². The summed E-state index contributed by atoms with van der Waals surface area (Å²) < 4.78 is 1.83. The highest BCUT2D eigenvalue weighted by molar-refractivity contribution is 5.78. The highest BCUT2D eigenvalue weighted by atomic mass is 16.1. The lowest BCUT2D eigenvalue weighted by Gasteiger charge is -2.14. The fraction of sp³-hybridized carbons (Fsp3) is 0.429. The van der Waals surface area contributed by atoms with Gasteiger partial charge in [0.25, 0.3) is 0 Å². The maximum absolute atomic E-state index is 12.0. The van der Waals surface area contributed by atoms with Crippen LogP contribution in [0.1, 0.15) is 37.7 Å². The zero-order chi connectivity index (χ0) is 14.4. The Labute approximate surface area is 118 Å². The fourth-order valence-electron chi connectivity index (χ4n) is 2.04. The Hall–Kier alpha value is -2.24. The van der Waals surface area contributed by atoms with Crippen LogP contribution in [0.4, 0.5) is 0 Å². The summed E-state index contributed by atoms with van der Waals surface area (Å²) in [7, 11) is 0. The fourth-order valence-corrected chi connectivity index (χ4v) is 2.04. The van der Waals surface area contributed by atoms with Gasteiger partial charge in [-0.3, -0.25) is 9.78 Å². The van der Waals surface area contributed by atoms with Crippen molar-refractivity contribution in [2.45, 2.75) is 39.3 Å². The van der Waals surface area contributed by atoms with Gasteiger partial charge in [-0.15, -0.1) is 0 Å². The van der Waals surface area contributed by atoms with Crippen molar-refractivity contribution in [1.82, 2.24) is 25.1 Å². The lowest BCUT2D eigenvalue weighted by atomic mass is 10.2. The van der Waals surface area contributed by atoms with Gasteiger partial charge in [0, 0.05) is 18.9 Å². The molecule has 0 aliphatic heterocycles. The van der Waals surface area contributed by atoms with E-state index in [1.807, 2.05) is 23.7 Å².